The molecule has 5 rings (SSSR count). The lowest BCUT2D eigenvalue weighted by Crippen LogP contribution is -2.51. The highest BCUT2D eigenvalue weighted by Crippen LogP contribution is 2.73. The molecule has 0 radical (unpaired) electrons. The lowest BCUT2D eigenvalue weighted by atomic mass is 9.47. The van der Waals surface area contributed by atoms with Gasteiger partial charge in [-0.15, -0.1) is 0 Å². The van der Waals surface area contributed by atoms with Crippen LogP contribution in [-0.4, -0.2) is 11.2 Å². The van der Waals surface area contributed by atoms with Crippen LogP contribution in [0.15, 0.2) is 11.6 Å². The van der Waals surface area contributed by atoms with Crippen molar-refractivity contribution in [3.63, 3.8) is 0 Å². The van der Waals surface area contributed by atoms with Crippen molar-refractivity contribution < 1.29 is 5.11 Å². The van der Waals surface area contributed by atoms with E-state index < -0.39 is 0 Å². The van der Waals surface area contributed by atoms with Crippen LogP contribution in [0.1, 0.15) is 65.2 Å². The molecule has 0 unspecified atom stereocenters. The number of fused-ring (bicyclic) bond motifs is 8. The molecule has 0 spiro atoms. The molecule has 0 amide bonds. The van der Waals surface area contributed by atoms with Gasteiger partial charge < -0.3 is 5.11 Å². The number of aliphatic hydroxyl groups excluding tert-OH is 1. The average Bonchev–Trinajstić information content (AvgIpc) is 3.19. The number of aliphatic hydroxyl groups is 1. The quantitative estimate of drug-likeness (QED) is 0.647. The van der Waals surface area contributed by atoms with Crippen molar-refractivity contribution in [2.24, 2.45) is 40.4 Å². The van der Waals surface area contributed by atoms with Crippen molar-refractivity contribution in [3.05, 3.63) is 11.6 Å². The molecule has 0 bridgehead atoms. The van der Waals surface area contributed by atoms with Crippen LogP contribution in [0, 0.1) is 40.4 Å². The van der Waals surface area contributed by atoms with Crippen molar-refractivity contribution in [3.8, 4) is 0 Å². The summed E-state index contributed by atoms with van der Waals surface area (Å²) >= 11 is 0. The fraction of sp³-hybridized carbons (Fsp3) is 0.900. The van der Waals surface area contributed by atoms with E-state index in [4.69, 9.17) is 0 Å². The summed E-state index contributed by atoms with van der Waals surface area (Å²) < 4.78 is 0. The van der Waals surface area contributed by atoms with E-state index in [1.54, 1.807) is 0 Å². The number of rotatable bonds is 0. The highest BCUT2D eigenvalue weighted by Gasteiger charge is 2.66. The molecular weight excluding hydrogens is 256 g/mol. The third-order valence-corrected chi connectivity index (χ3v) is 8.76. The normalized spacial score (nSPS) is 61.2. The Bertz CT molecular complexity index is 508. The number of allylic oxidation sites excluding steroid dienone is 2. The Kier molecular flexibility index (Phi) is 2.48. The first-order valence-electron chi connectivity index (χ1n) is 9.44. The summed E-state index contributed by atoms with van der Waals surface area (Å²) in [5.41, 5.74) is 2.65. The fourth-order valence-electron chi connectivity index (χ4n) is 7.58. The van der Waals surface area contributed by atoms with E-state index in [2.05, 4.69) is 19.9 Å². The standard InChI is InChI=1S/C20H30O/c1-19-9-4-3-5-14(19)12-11-13(12)18-15-6-7-17(21)20(15,2)10-8-16(18)19/h5,12-13,15-18,21H,3-4,6-11H2,1-2H3/t12-,13+,15+,16+,17+,18+,19+,20+/m1/s1. The zero-order valence-electron chi connectivity index (χ0n) is 13.6. The van der Waals surface area contributed by atoms with Gasteiger partial charge in [0.15, 0.2) is 0 Å². The SMILES string of the molecule is C[C@]12CC[C@H]3[C@@H]([C@H]4C[C@H]4C4=CCCC[C@@]43C)[C@@H]1CC[C@@H]2O. The van der Waals surface area contributed by atoms with Crippen molar-refractivity contribution in [2.45, 2.75) is 71.3 Å². The Morgan fingerprint density at radius 1 is 1.10 bits per heavy atom. The monoisotopic (exact) mass is 286 g/mol. The molecule has 0 aromatic heterocycles. The Labute approximate surface area is 129 Å². The largest absolute Gasteiger partial charge is 0.393 e. The van der Waals surface area contributed by atoms with Gasteiger partial charge in [0.2, 0.25) is 0 Å². The molecule has 116 valence electrons. The minimum Gasteiger partial charge on any atom is -0.393 e. The maximum Gasteiger partial charge on any atom is 0.0596 e. The zero-order chi connectivity index (χ0) is 14.4. The fourth-order valence-corrected chi connectivity index (χ4v) is 7.58. The van der Waals surface area contributed by atoms with E-state index in [-0.39, 0.29) is 11.5 Å². The second-order valence-electron chi connectivity index (χ2n) is 9.40. The molecule has 0 aliphatic heterocycles. The van der Waals surface area contributed by atoms with E-state index in [1.807, 2.05) is 5.57 Å². The Balaban J connectivity index is 1.57. The first-order chi connectivity index (χ1) is 10.1. The maximum atomic E-state index is 10.6. The highest BCUT2D eigenvalue weighted by molar-refractivity contribution is 5.33. The maximum absolute atomic E-state index is 10.6. The molecule has 0 aromatic carbocycles. The van der Waals surface area contributed by atoms with E-state index in [0.717, 1.165) is 36.0 Å². The van der Waals surface area contributed by atoms with Crippen LogP contribution in [0.25, 0.3) is 0 Å². The van der Waals surface area contributed by atoms with Crippen molar-refractivity contribution in [2.75, 3.05) is 0 Å². The van der Waals surface area contributed by atoms with Gasteiger partial charge in [-0.05, 0) is 91.8 Å². The first-order valence-corrected chi connectivity index (χ1v) is 9.44. The molecular formula is C20H30O. The third-order valence-electron chi connectivity index (χ3n) is 8.76. The van der Waals surface area contributed by atoms with Gasteiger partial charge in [0.25, 0.3) is 0 Å². The van der Waals surface area contributed by atoms with Crippen LogP contribution >= 0.6 is 0 Å². The summed E-state index contributed by atoms with van der Waals surface area (Å²) in [6.07, 6.45) is 13.3. The second-order valence-corrected chi connectivity index (χ2v) is 9.40. The van der Waals surface area contributed by atoms with Gasteiger partial charge in [-0.2, -0.15) is 0 Å². The summed E-state index contributed by atoms with van der Waals surface area (Å²) in [4.78, 5) is 0. The molecule has 0 saturated heterocycles. The Morgan fingerprint density at radius 2 is 1.95 bits per heavy atom. The van der Waals surface area contributed by atoms with Gasteiger partial charge in [0, 0.05) is 0 Å². The van der Waals surface area contributed by atoms with Crippen molar-refractivity contribution in [1.82, 2.24) is 0 Å². The molecule has 1 heteroatoms. The van der Waals surface area contributed by atoms with Crippen LogP contribution in [0.4, 0.5) is 0 Å². The molecule has 0 heterocycles. The summed E-state index contributed by atoms with van der Waals surface area (Å²) in [7, 11) is 0. The van der Waals surface area contributed by atoms with Gasteiger partial charge in [0.1, 0.15) is 0 Å². The summed E-state index contributed by atoms with van der Waals surface area (Å²) in [5.74, 6) is 4.61. The van der Waals surface area contributed by atoms with Crippen molar-refractivity contribution in [1.29, 1.82) is 0 Å². The van der Waals surface area contributed by atoms with E-state index in [0.29, 0.717) is 5.41 Å². The number of hydrogen-bond donors (Lipinski definition) is 1. The Morgan fingerprint density at radius 3 is 2.81 bits per heavy atom. The Hall–Kier alpha value is -0.300. The van der Waals surface area contributed by atoms with Gasteiger partial charge in [0.05, 0.1) is 6.10 Å². The van der Waals surface area contributed by atoms with Crippen LogP contribution in [0.2, 0.25) is 0 Å². The molecule has 5 aliphatic carbocycles. The predicted molar refractivity (Wildman–Crippen MR) is 84.7 cm³/mol. The molecule has 1 nitrogen and oxygen atoms in total. The van der Waals surface area contributed by atoms with Gasteiger partial charge in [-0.1, -0.05) is 25.5 Å². The zero-order valence-corrected chi connectivity index (χ0v) is 13.6. The first kappa shape index (κ1) is 13.2. The van der Waals surface area contributed by atoms with Crippen LogP contribution in [0.3, 0.4) is 0 Å². The lowest BCUT2D eigenvalue weighted by Gasteiger charge is -2.57. The summed E-state index contributed by atoms with van der Waals surface area (Å²) in [6.45, 7) is 5.02. The van der Waals surface area contributed by atoms with Crippen LogP contribution in [0.5, 0.6) is 0 Å². The van der Waals surface area contributed by atoms with Gasteiger partial charge >= 0.3 is 0 Å². The molecule has 4 saturated carbocycles. The molecule has 0 aromatic rings. The van der Waals surface area contributed by atoms with Gasteiger partial charge in [-0.3, -0.25) is 0 Å². The van der Waals surface area contributed by atoms with E-state index >= 15 is 0 Å². The van der Waals surface area contributed by atoms with Crippen molar-refractivity contribution >= 4 is 0 Å². The minimum atomic E-state index is -0.0169. The molecule has 1 N–H and O–H groups in total. The van der Waals surface area contributed by atoms with E-state index in [1.165, 1.54) is 44.9 Å². The highest BCUT2D eigenvalue weighted by atomic mass is 16.3. The topological polar surface area (TPSA) is 20.2 Å². The molecule has 5 aliphatic rings. The summed E-state index contributed by atoms with van der Waals surface area (Å²) in [6, 6.07) is 0. The summed E-state index contributed by atoms with van der Waals surface area (Å²) in [5, 5.41) is 10.6. The average molecular weight is 286 g/mol. The van der Waals surface area contributed by atoms with E-state index in [9.17, 15) is 5.11 Å². The molecule has 8 atom stereocenters. The molecule has 4 fully saturated rings. The lowest BCUT2D eigenvalue weighted by molar-refractivity contribution is -0.0789. The van der Waals surface area contributed by atoms with Gasteiger partial charge in [-0.25, -0.2) is 0 Å². The van der Waals surface area contributed by atoms with Crippen LogP contribution in [-0.2, 0) is 0 Å². The minimum absolute atomic E-state index is 0.0169. The number of hydrogen-bond acceptors (Lipinski definition) is 1. The smallest absolute Gasteiger partial charge is 0.0596 e. The predicted octanol–water partition coefficient (Wildman–Crippen LogP) is 4.56. The third kappa shape index (κ3) is 1.47. The van der Waals surface area contributed by atoms with Crippen LogP contribution < -0.4 is 0 Å². The second kappa shape index (κ2) is 3.96. The molecule has 21 heavy (non-hydrogen) atoms.